The lowest BCUT2D eigenvalue weighted by atomic mass is 9.96. The fourth-order valence-corrected chi connectivity index (χ4v) is 3.49. The van der Waals surface area contributed by atoms with Gasteiger partial charge in [0.2, 0.25) is 0 Å². The summed E-state index contributed by atoms with van der Waals surface area (Å²) in [6, 6.07) is 3.26. The molecule has 1 aliphatic heterocycles. The lowest BCUT2D eigenvalue weighted by Gasteiger charge is -2.29. The van der Waals surface area contributed by atoms with Crippen molar-refractivity contribution in [3.05, 3.63) is 28.2 Å². The number of carbonyl (C=O) groups excluding carboxylic acids is 1. The van der Waals surface area contributed by atoms with Crippen LogP contribution in [-0.2, 0) is 0 Å². The van der Waals surface area contributed by atoms with Gasteiger partial charge in [0.25, 0.3) is 11.5 Å². The number of hydrogen-bond acceptors (Lipinski definition) is 3. The molecule has 1 aromatic rings. The SMILES string of the molecule is O=C(c1ccc(=O)[nH]n1)N1CCCC1C1CCCC1. The molecule has 0 bridgehead atoms. The van der Waals surface area contributed by atoms with Crippen molar-refractivity contribution in [2.45, 2.75) is 44.6 Å². The zero-order valence-electron chi connectivity index (χ0n) is 11.0. The molecule has 1 aliphatic carbocycles. The van der Waals surface area contributed by atoms with Crippen LogP contribution in [0.5, 0.6) is 0 Å². The molecule has 102 valence electrons. The Bertz CT molecular complexity index is 499. The molecular formula is C14H19N3O2. The predicted molar refractivity (Wildman–Crippen MR) is 70.9 cm³/mol. The summed E-state index contributed by atoms with van der Waals surface area (Å²) in [5.41, 5.74) is 0.0785. The number of likely N-dealkylation sites (tertiary alicyclic amines) is 1. The Balaban J connectivity index is 1.78. The maximum absolute atomic E-state index is 12.5. The van der Waals surface area contributed by atoms with E-state index in [0.29, 0.717) is 17.7 Å². The lowest BCUT2D eigenvalue weighted by molar-refractivity contribution is 0.0681. The summed E-state index contributed by atoms with van der Waals surface area (Å²) in [4.78, 5) is 25.4. The first-order chi connectivity index (χ1) is 9.25. The number of nitrogens with zero attached hydrogens (tertiary/aromatic N) is 2. The van der Waals surface area contributed by atoms with E-state index in [-0.39, 0.29) is 11.5 Å². The minimum Gasteiger partial charge on any atom is -0.334 e. The zero-order valence-corrected chi connectivity index (χ0v) is 11.0. The van der Waals surface area contributed by atoms with Crippen molar-refractivity contribution in [1.29, 1.82) is 0 Å². The van der Waals surface area contributed by atoms with E-state index >= 15 is 0 Å². The maximum Gasteiger partial charge on any atom is 0.274 e. The van der Waals surface area contributed by atoms with Gasteiger partial charge in [-0.25, -0.2) is 5.10 Å². The van der Waals surface area contributed by atoms with Crippen LogP contribution < -0.4 is 5.56 Å². The van der Waals surface area contributed by atoms with Gasteiger partial charge in [-0.1, -0.05) is 12.8 Å². The number of nitrogens with one attached hydrogen (secondary N) is 1. The van der Waals surface area contributed by atoms with Crippen LogP contribution >= 0.6 is 0 Å². The van der Waals surface area contributed by atoms with E-state index in [0.717, 1.165) is 19.4 Å². The van der Waals surface area contributed by atoms with Crippen LogP contribution in [0.2, 0.25) is 0 Å². The van der Waals surface area contributed by atoms with E-state index in [1.165, 1.54) is 37.8 Å². The van der Waals surface area contributed by atoms with Crippen molar-refractivity contribution in [2.75, 3.05) is 6.54 Å². The highest BCUT2D eigenvalue weighted by atomic mass is 16.2. The Kier molecular flexibility index (Phi) is 3.36. The molecule has 19 heavy (non-hydrogen) atoms. The van der Waals surface area contributed by atoms with Gasteiger partial charge in [0, 0.05) is 18.7 Å². The minimum atomic E-state index is -0.273. The van der Waals surface area contributed by atoms with E-state index in [4.69, 9.17) is 0 Å². The Hall–Kier alpha value is -1.65. The van der Waals surface area contributed by atoms with Gasteiger partial charge in [-0.2, -0.15) is 5.10 Å². The molecule has 2 heterocycles. The van der Waals surface area contributed by atoms with Crippen molar-refractivity contribution >= 4 is 5.91 Å². The average molecular weight is 261 g/mol. The summed E-state index contributed by atoms with van der Waals surface area (Å²) in [5, 5.41) is 6.19. The Labute approximate surface area is 112 Å². The van der Waals surface area contributed by atoms with Gasteiger partial charge in [0.1, 0.15) is 5.69 Å². The Morgan fingerprint density at radius 3 is 2.68 bits per heavy atom. The second-order valence-corrected chi connectivity index (χ2v) is 5.56. The number of H-pyrrole nitrogens is 1. The van der Waals surface area contributed by atoms with Crippen molar-refractivity contribution in [1.82, 2.24) is 15.1 Å². The van der Waals surface area contributed by atoms with Crippen LogP contribution in [0.1, 0.15) is 49.0 Å². The van der Waals surface area contributed by atoms with Gasteiger partial charge >= 0.3 is 0 Å². The summed E-state index contributed by atoms with van der Waals surface area (Å²) in [7, 11) is 0. The standard InChI is InChI=1S/C14H19N3O2/c18-13-8-7-11(15-16-13)14(19)17-9-3-6-12(17)10-4-1-2-5-10/h7-8,10,12H,1-6,9H2,(H,16,18). The second kappa shape index (κ2) is 5.15. The van der Waals surface area contributed by atoms with Gasteiger partial charge in [-0.3, -0.25) is 9.59 Å². The quantitative estimate of drug-likeness (QED) is 0.878. The fraction of sp³-hybridized carbons (Fsp3) is 0.643. The first-order valence-electron chi connectivity index (χ1n) is 7.12. The van der Waals surface area contributed by atoms with Crippen LogP contribution in [0.3, 0.4) is 0 Å². The van der Waals surface area contributed by atoms with Gasteiger partial charge in [0.15, 0.2) is 0 Å². The van der Waals surface area contributed by atoms with E-state index < -0.39 is 0 Å². The molecule has 5 heteroatoms. The van der Waals surface area contributed by atoms with E-state index in [1.807, 2.05) is 4.90 Å². The molecule has 0 aromatic carbocycles. The van der Waals surface area contributed by atoms with Crippen molar-refractivity contribution < 1.29 is 4.79 Å². The molecular weight excluding hydrogens is 242 g/mol. The third kappa shape index (κ3) is 2.41. The Morgan fingerprint density at radius 1 is 1.21 bits per heavy atom. The molecule has 1 N–H and O–H groups in total. The molecule has 1 aromatic heterocycles. The largest absolute Gasteiger partial charge is 0.334 e. The molecule has 0 spiro atoms. The van der Waals surface area contributed by atoms with Crippen LogP contribution in [0.15, 0.2) is 16.9 Å². The van der Waals surface area contributed by atoms with Crippen LogP contribution in [0.4, 0.5) is 0 Å². The molecule has 2 fully saturated rings. The van der Waals surface area contributed by atoms with E-state index in [9.17, 15) is 9.59 Å². The highest BCUT2D eigenvalue weighted by molar-refractivity contribution is 5.92. The topological polar surface area (TPSA) is 66.1 Å². The molecule has 1 amide bonds. The molecule has 1 saturated heterocycles. The number of aromatic amines is 1. The van der Waals surface area contributed by atoms with Crippen LogP contribution in [0.25, 0.3) is 0 Å². The average Bonchev–Trinajstić information content (AvgIpc) is 3.09. The van der Waals surface area contributed by atoms with Crippen molar-refractivity contribution in [2.24, 2.45) is 5.92 Å². The summed E-state index contributed by atoms with van der Waals surface area (Å²) in [6.07, 6.45) is 7.26. The number of aromatic nitrogens is 2. The molecule has 5 nitrogen and oxygen atoms in total. The smallest absolute Gasteiger partial charge is 0.274 e. The molecule has 1 atom stereocenters. The number of rotatable bonds is 2. The van der Waals surface area contributed by atoms with Gasteiger partial charge in [0.05, 0.1) is 0 Å². The first-order valence-corrected chi connectivity index (χ1v) is 7.12. The fourth-order valence-electron chi connectivity index (χ4n) is 3.49. The first kappa shape index (κ1) is 12.4. The number of amides is 1. The van der Waals surface area contributed by atoms with Gasteiger partial charge in [-0.05, 0) is 37.7 Å². The van der Waals surface area contributed by atoms with Crippen molar-refractivity contribution in [3.63, 3.8) is 0 Å². The third-order valence-electron chi connectivity index (χ3n) is 4.40. The minimum absolute atomic E-state index is 0.0364. The van der Waals surface area contributed by atoms with Gasteiger partial charge < -0.3 is 4.90 Å². The normalized spacial score (nSPS) is 24.0. The summed E-state index contributed by atoms with van der Waals surface area (Å²) in [6.45, 7) is 0.820. The van der Waals surface area contributed by atoms with Crippen LogP contribution in [0, 0.1) is 5.92 Å². The van der Waals surface area contributed by atoms with Crippen LogP contribution in [-0.4, -0.2) is 33.6 Å². The molecule has 2 aliphatic rings. The summed E-state index contributed by atoms with van der Waals surface area (Å²) in [5.74, 6) is 0.625. The molecule has 0 radical (unpaired) electrons. The monoisotopic (exact) mass is 261 g/mol. The number of carbonyl (C=O) groups is 1. The molecule has 1 unspecified atom stereocenters. The predicted octanol–water partition coefficient (Wildman–Crippen LogP) is 1.56. The second-order valence-electron chi connectivity index (χ2n) is 5.56. The Morgan fingerprint density at radius 2 is 2.00 bits per heavy atom. The summed E-state index contributed by atoms with van der Waals surface area (Å²) >= 11 is 0. The van der Waals surface area contributed by atoms with E-state index in [2.05, 4.69) is 10.2 Å². The third-order valence-corrected chi connectivity index (χ3v) is 4.40. The van der Waals surface area contributed by atoms with Crippen molar-refractivity contribution in [3.8, 4) is 0 Å². The summed E-state index contributed by atoms with van der Waals surface area (Å²) < 4.78 is 0. The zero-order chi connectivity index (χ0) is 13.2. The highest BCUT2D eigenvalue weighted by Crippen LogP contribution is 2.35. The molecule has 1 saturated carbocycles. The van der Waals surface area contributed by atoms with Gasteiger partial charge in [-0.15, -0.1) is 0 Å². The lowest BCUT2D eigenvalue weighted by Crippen LogP contribution is -2.40. The molecule has 3 rings (SSSR count). The maximum atomic E-state index is 12.5. The number of hydrogen-bond donors (Lipinski definition) is 1. The highest BCUT2D eigenvalue weighted by Gasteiger charge is 2.36. The van der Waals surface area contributed by atoms with E-state index in [1.54, 1.807) is 0 Å².